The van der Waals surface area contributed by atoms with Crippen LogP contribution < -0.4 is 0 Å². The Hall–Kier alpha value is -0.900. The summed E-state index contributed by atoms with van der Waals surface area (Å²) in [7, 11) is 0. The summed E-state index contributed by atoms with van der Waals surface area (Å²) in [5, 5.41) is 18.3. The third-order valence-corrected chi connectivity index (χ3v) is 1.83. The van der Waals surface area contributed by atoms with E-state index in [-0.39, 0.29) is 6.42 Å². The summed E-state index contributed by atoms with van der Waals surface area (Å²) in [6.45, 7) is 1.99. The van der Waals surface area contributed by atoms with Crippen molar-refractivity contribution in [1.82, 2.24) is 0 Å². The van der Waals surface area contributed by atoms with Crippen molar-refractivity contribution in [1.29, 1.82) is 0 Å². The number of benzene rings is 1. The fraction of sp³-hybridized carbons (Fsp3) is 0.455. The van der Waals surface area contributed by atoms with Crippen LogP contribution in [0.4, 0.5) is 0 Å². The van der Waals surface area contributed by atoms with Gasteiger partial charge in [0.25, 0.3) is 0 Å². The molecule has 1 rings (SSSR count). The molecule has 0 saturated carbocycles. The SMILES string of the molecule is CC(O)CC(O)OCc1ccccc1. The van der Waals surface area contributed by atoms with Crippen molar-refractivity contribution >= 4 is 0 Å². The quantitative estimate of drug-likeness (QED) is 0.698. The second-order valence-corrected chi connectivity index (χ2v) is 3.34. The Labute approximate surface area is 84.0 Å². The molecule has 0 fully saturated rings. The van der Waals surface area contributed by atoms with Crippen molar-refractivity contribution in [2.75, 3.05) is 0 Å². The Kier molecular flexibility index (Phi) is 4.59. The molecule has 2 atom stereocenters. The van der Waals surface area contributed by atoms with Gasteiger partial charge in [0.2, 0.25) is 0 Å². The Morgan fingerprint density at radius 2 is 1.86 bits per heavy atom. The van der Waals surface area contributed by atoms with E-state index in [4.69, 9.17) is 9.84 Å². The lowest BCUT2D eigenvalue weighted by Gasteiger charge is -2.13. The van der Waals surface area contributed by atoms with E-state index >= 15 is 0 Å². The van der Waals surface area contributed by atoms with Crippen LogP contribution in [-0.2, 0) is 11.3 Å². The van der Waals surface area contributed by atoms with E-state index in [1.54, 1.807) is 6.92 Å². The van der Waals surface area contributed by atoms with Gasteiger partial charge in [0.1, 0.15) is 0 Å². The molecule has 0 saturated heterocycles. The third-order valence-electron chi connectivity index (χ3n) is 1.83. The van der Waals surface area contributed by atoms with Gasteiger partial charge in [-0.2, -0.15) is 0 Å². The second kappa shape index (κ2) is 5.75. The zero-order valence-electron chi connectivity index (χ0n) is 8.26. The Bertz CT molecular complexity index is 246. The maximum Gasteiger partial charge on any atom is 0.157 e. The van der Waals surface area contributed by atoms with E-state index in [9.17, 15) is 5.11 Å². The normalized spacial score (nSPS) is 15.1. The molecule has 0 bridgehead atoms. The molecular weight excluding hydrogens is 180 g/mol. The number of rotatable bonds is 5. The molecule has 3 nitrogen and oxygen atoms in total. The summed E-state index contributed by atoms with van der Waals surface area (Å²) < 4.78 is 5.13. The summed E-state index contributed by atoms with van der Waals surface area (Å²) in [5.41, 5.74) is 1.01. The fourth-order valence-electron chi connectivity index (χ4n) is 1.13. The molecule has 1 aromatic carbocycles. The topological polar surface area (TPSA) is 49.7 Å². The van der Waals surface area contributed by atoms with Crippen molar-refractivity contribution in [3.8, 4) is 0 Å². The van der Waals surface area contributed by atoms with Gasteiger partial charge < -0.3 is 14.9 Å². The molecule has 0 spiro atoms. The van der Waals surface area contributed by atoms with Gasteiger partial charge in [-0.15, -0.1) is 0 Å². The lowest BCUT2D eigenvalue weighted by atomic mass is 10.2. The molecule has 3 heteroatoms. The van der Waals surface area contributed by atoms with Crippen molar-refractivity contribution in [3.05, 3.63) is 35.9 Å². The second-order valence-electron chi connectivity index (χ2n) is 3.34. The predicted octanol–water partition coefficient (Wildman–Crippen LogP) is 1.29. The fourth-order valence-corrected chi connectivity index (χ4v) is 1.13. The molecule has 0 heterocycles. The van der Waals surface area contributed by atoms with Crippen LogP contribution >= 0.6 is 0 Å². The van der Waals surface area contributed by atoms with Gasteiger partial charge in [-0.3, -0.25) is 0 Å². The molecular formula is C11H16O3. The zero-order chi connectivity index (χ0) is 10.4. The van der Waals surface area contributed by atoms with E-state index in [1.807, 2.05) is 30.3 Å². The molecule has 1 aromatic rings. The number of ether oxygens (including phenoxy) is 1. The lowest BCUT2D eigenvalue weighted by Crippen LogP contribution is -2.18. The van der Waals surface area contributed by atoms with Crippen LogP contribution in [-0.4, -0.2) is 22.6 Å². The maximum atomic E-state index is 9.30. The Morgan fingerprint density at radius 1 is 1.21 bits per heavy atom. The van der Waals surface area contributed by atoms with E-state index in [2.05, 4.69) is 0 Å². The molecule has 2 N–H and O–H groups in total. The summed E-state index contributed by atoms with van der Waals surface area (Å²) in [6.07, 6.45) is -1.19. The predicted molar refractivity (Wildman–Crippen MR) is 53.5 cm³/mol. The highest BCUT2D eigenvalue weighted by molar-refractivity contribution is 5.13. The molecule has 0 aliphatic heterocycles. The van der Waals surface area contributed by atoms with Crippen molar-refractivity contribution in [2.45, 2.75) is 32.3 Å². The van der Waals surface area contributed by atoms with Gasteiger partial charge in [0.15, 0.2) is 6.29 Å². The van der Waals surface area contributed by atoms with Crippen molar-refractivity contribution < 1.29 is 14.9 Å². The van der Waals surface area contributed by atoms with Crippen LogP contribution in [0.5, 0.6) is 0 Å². The first kappa shape index (κ1) is 11.2. The first-order valence-corrected chi connectivity index (χ1v) is 4.70. The van der Waals surface area contributed by atoms with Crippen LogP contribution in [0.3, 0.4) is 0 Å². The largest absolute Gasteiger partial charge is 0.393 e. The van der Waals surface area contributed by atoms with Crippen LogP contribution in [0.25, 0.3) is 0 Å². The highest BCUT2D eigenvalue weighted by Crippen LogP contribution is 2.05. The average Bonchev–Trinajstić information content (AvgIpc) is 2.15. The zero-order valence-corrected chi connectivity index (χ0v) is 8.26. The first-order valence-electron chi connectivity index (χ1n) is 4.70. The third kappa shape index (κ3) is 4.37. The molecule has 14 heavy (non-hydrogen) atoms. The number of hydrogen-bond donors (Lipinski definition) is 2. The van der Waals surface area contributed by atoms with Crippen LogP contribution in [0.2, 0.25) is 0 Å². The van der Waals surface area contributed by atoms with E-state index < -0.39 is 12.4 Å². The Balaban J connectivity index is 2.27. The minimum Gasteiger partial charge on any atom is -0.393 e. The molecule has 0 aromatic heterocycles. The highest BCUT2D eigenvalue weighted by Gasteiger charge is 2.07. The molecule has 78 valence electrons. The van der Waals surface area contributed by atoms with E-state index in [1.165, 1.54) is 0 Å². The van der Waals surface area contributed by atoms with Gasteiger partial charge in [0, 0.05) is 6.42 Å². The van der Waals surface area contributed by atoms with Crippen LogP contribution in [0.1, 0.15) is 18.9 Å². The van der Waals surface area contributed by atoms with Crippen molar-refractivity contribution in [2.24, 2.45) is 0 Å². The van der Waals surface area contributed by atoms with Crippen LogP contribution in [0.15, 0.2) is 30.3 Å². The summed E-state index contributed by atoms with van der Waals surface area (Å²) >= 11 is 0. The highest BCUT2D eigenvalue weighted by atomic mass is 16.6. The van der Waals surface area contributed by atoms with E-state index in [0.29, 0.717) is 6.61 Å². The molecule has 0 amide bonds. The monoisotopic (exact) mass is 196 g/mol. The number of aliphatic hydroxyl groups excluding tert-OH is 2. The smallest absolute Gasteiger partial charge is 0.157 e. The van der Waals surface area contributed by atoms with Crippen molar-refractivity contribution in [3.63, 3.8) is 0 Å². The Morgan fingerprint density at radius 3 is 2.43 bits per heavy atom. The first-order chi connectivity index (χ1) is 6.68. The molecule has 2 unspecified atom stereocenters. The van der Waals surface area contributed by atoms with Gasteiger partial charge in [-0.25, -0.2) is 0 Å². The standard InChI is InChI=1S/C11H16O3/c1-9(12)7-11(13)14-8-10-5-3-2-4-6-10/h2-6,9,11-13H,7-8H2,1H3. The molecule has 0 aliphatic carbocycles. The average molecular weight is 196 g/mol. The number of hydrogen-bond acceptors (Lipinski definition) is 3. The van der Waals surface area contributed by atoms with Gasteiger partial charge in [0.05, 0.1) is 12.7 Å². The molecule has 0 radical (unpaired) electrons. The maximum absolute atomic E-state index is 9.30. The summed E-state index contributed by atoms with van der Waals surface area (Å²) in [6, 6.07) is 9.61. The lowest BCUT2D eigenvalue weighted by molar-refractivity contribution is -0.125. The van der Waals surface area contributed by atoms with Gasteiger partial charge in [-0.1, -0.05) is 30.3 Å². The van der Waals surface area contributed by atoms with Gasteiger partial charge >= 0.3 is 0 Å². The number of aliphatic hydroxyl groups is 2. The minimum absolute atomic E-state index is 0.243. The summed E-state index contributed by atoms with van der Waals surface area (Å²) in [5.74, 6) is 0. The molecule has 0 aliphatic rings. The van der Waals surface area contributed by atoms with E-state index in [0.717, 1.165) is 5.56 Å². The summed E-state index contributed by atoms with van der Waals surface area (Å²) in [4.78, 5) is 0. The van der Waals surface area contributed by atoms with Gasteiger partial charge in [-0.05, 0) is 12.5 Å². The van der Waals surface area contributed by atoms with Crippen LogP contribution in [0, 0.1) is 0 Å². The minimum atomic E-state index is -0.893.